The van der Waals surface area contributed by atoms with E-state index in [9.17, 15) is 0 Å². The van der Waals surface area contributed by atoms with E-state index in [1.54, 1.807) is 25.7 Å². The Morgan fingerprint density at radius 3 is 2.79 bits per heavy atom. The van der Waals surface area contributed by atoms with Gasteiger partial charge in [-0.05, 0) is 18.6 Å². The van der Waals surface area contributed by atoms with E-state index in [0.717, 1.165) is 53.8 Å². The topological polar surface area (TPSA) is 108 Å². The second-order valence-corrected chi connectivity index (χ2v) is 6.63. The molecule has 0 fully saturated rings. The van der Waals surface area contributed by atoms with Gasteiger partial charge in [0.25, 0.3) is 0 Å². The van der Waals surface area contributed by atoms with Crippen molar-refractivity contribution in [3.05, 3.63) is 53.1 Å². The molecule has 29 heavy (non-hydrogen) atoms. The molecule has 0 aromatic carbocycles. The number of anilines is 2. The molecule has 2 N–H and O–H groups in total. The van der Waals surface area contributed by atoms with Crippen molar-refractivity contribution in [3.63, 3.8) is 0 Å². The summed E-state index contributed by atoms with van der Waals surface area (Å²) in [5.74, 6) is 9.43. The molecular formula is C20H22N8O. The van der Waals surface area contributed by atoms with Crippen molar-refractivity contribution in [2.75, 3.05) is 24.3 Å². The lowest BCUT2D eigenvalue weighted by Gasteiger charge is -2.29. The molecule has 3 aromatic rings. The van der Waals surface area contributed by atoms with Crippen LogP contribution in [0, 0.1) is 11.8 Å². The van der Waals surface area contributed by atoms with E-state index >= 15 is 0 Å². The molecule has 0 atom stereocenters. The van der Waals surface area contributed by atoms with Gasteiger partial charge in [-0.2, -0.15) is 0 Å². The molecule has 0 spiro atoms. The highest BCUT2D eigenvalue weighted by Crippen LogP contribution is 2.24. The lowest BCUT2D eigenvalue weighted by atomic mass is 10.1. The molecule has 148 valence electrons. The van der Waals surface area contributed by atoms with Gasteiger partial charge in [0.05, 0.1) is 17.8 Å². The third kappa shape index (κ3) is 3.88. The summed E-state index contributed by atoms with van der Waals surface area (Å²) in [7, 11) is 1.66. The van der Waals surface area contributed by atoms with Crippen LogP contribution in [0.4, 0.5) is 11.6 Å². The quantitative estimate of drug-likeness (QED) is 0.662. The van der Waals surface area contributed by atoms with Crippen LogP contribution in [0.15, 0.2) is 24.7 Å². The minimum Gasteiger partial charge on any atom is -0.384 e. The molecule has 0 amide bonds. The van der Waals surface area contributed by atoms with Crippen LogP contribution in [-0.4, -0.2) is 43.4 Å². The maximum atomic E-state index is 5.65. The summed E-state index contributed by atoms with van der Waals surface area (Å²) in [5.41, 5.74) is 8.19. The van der Waals surface area contributed by atoms with Gasteiger partial charge in [-0.25, -0.2) is 15.0 Å². The van der Waals surface area contributed by atoms with Crippen molar-refractivity contribution < 1.29 is 4.74 Å². The zero-order valence-corrected chi connectivity index (χ0v) is 16.5. The van der Waals surface area contributed by atoms with Gasteiger partial charge in [0.2, 0.25) is 0 Å². The second-order valence-electron chi connectivity index (χ2n) is 6.63. The summed E-state index contributed by atoms with van der Waals surface area (Å²) in [5, 5.41) is 8.56. The first-order valence-electron chi connectivity index (χ1n) is 9.41. The molecule has 3 aromatic heterocycles. The first-order chi connectivity index (χ1) is 14.2. The highest BCUT2D eigenvalue weighted by Gasteiger charge is 2.24. The number of rotatable bonds is 4. The highest BCUT2D eigenvalue weighted by atomic mass is 16.5. The molecule has 0 unspecified atom stereocenters. The molecule has 0 aliphatic carbocycles. The number of methoxy groups -OCH3 is 1. The Bertz CT molecular complexity index is 1060. The Balaban J connectivity index is 1.67. The van der Waals surface area contributed by atoms with Crippen LogP contribution >= 0.6 is 0 Å². The lowest BCUT2D eigenvalue weighted by Crippen LogP contribution is -2.35. The van der Waals surface area contributed by atoms with Gasteiger partial charge in [-0.15, -0.1) is 10.2 Å². The highest BCUT2D eigenvalue weighted by molar-refractivity contribution is 5.59. The summed E-state index contributed by atoms with van der Waals surface area (Å²) >= 11 is 0. The Labute approximate surface area is 169 Å². The molecule has 0 saturated carbocycles. The molecule has 0 radical (unpaired) electrons. The van der Waals surface area contributed by atoms with Crippen molar-refractivity contribution >= 4 is 11.6 Å². The van der Waals surface area contributed by atoms with Gasteiger partial charge in [-0.1, -0.05) is 18.8 Å². The number of hydrogen-bond acceptors (Lipinski definition) is 8. The van der Waals surface area contributed by atoms with Crippen LogP contribution in [0.2, 0.25) is 0 Å². The second kappa shape index (κ2) is 8.24. The SMILES string of the molecule is CCc1ncnc(N2CCn3c(COC)nnc3C2)c1C#Cc1ccc(N)nc1. The third-order valence-corrected chi connectivity index (χ3v) is 4.76. The van der Waals surface area contributed by atoms with E-state index in [1.807, 2.05) is 6.07 Å². The predicted molar refractivity (Wildman–Crippen MR) is 108 cm³/mol. The van der Waals surface area contributed by atoms with Crippen LogP contribution in [0.5, 0.6) is 0 Å². The molecule has 9 heteroatoms. The minimum absolute atomic E-state index is 0.451. The number of nitrogens with two attached hydrogens (primary N) is 1. The number of fused-ring (bicyclic) bond motifs is 1. The fraction of sp³-hybridized carbons (Fsp3) is 0.350. The first-order valence-corrected chi connectivity index (χ1v) is 9.41. The third-order valence-electron chi connectivity index (χ3n) is 4.76. The summed E-state index contributed by atoms with van der Waals surface area (Å²) < 4.78 is 7.31. The van der Waals surface area contributed by atoms with Crippen LogP contribution in [-0.2, 0) is 30.9 Å². The number of nitrogen functional groups attached to an aromatic ring is 1. The number of aromatic nitrogens is 6. The van der Waals surface area contributed by atoms with Crippen molar-refractivity contribution in [2.24, 2.45) is 0 Å². The van der Waals surface area contributed by atoms with Gasteiger partial charge in [-0.3, -0.25) is 0 Å². The van der Waals surface area contributed by atoms with E-state index < -0.39 is 0 Å². The Kier molecular flexibility index (Phi) is 5.35. The van der Waals surface area contributed by atoms with Crippen LogP contribution in [0.1, 0.15) is 35.4 Å². The molecule has 1 aliphatic heterocycles. The van der Waals surface area contributed by atoms with E-state index in [-0.39, 0.29) is 0 Å². The number of nitrogens with zero attached hydrogens (tertiary/aromatic N) is 7. The zero-order valence-electron chi connectivity index (χ0n) is 16.5. The van der Waals surface area contributed by atoms with E-state index in [1.165, 1.54) is 0 Å². The molecule has 0 bridgehead atoms. The number of ether oxygens (including phenoxy) is 1. The minimum atomic E-state index is 0.451. The number of pyridine rings is 1. The average Bonchev–Trinajstić information content (AvgIpc) is 3.15. The zero-order chi connectivity index (χ0) is 20.2. The summed E-state index contributed by atoms with van der Waals surface area (Å²) in [6.45, 7) is 4.66. The molecule has 0 saturated heterocycles. The molecule has 1 aliphatic rings. The smallest absolute Gasteiger partial charge is 0.159 e. The van der Waals surface area contributed by atoms with Crippen LogP contribution < -0.4 is 10.6 Å². The van der Waals surface area contributed by atoms with Crippen molar-refractivity contribution in [1.29, 1.82) is 0 Å². The summed E-state index contributed by atoms with van der Waals surface area (Å²) in [6, 6.07) is 3.59. The van der Waals surface area contributed by atoms with E-state index in [0.29, 0.717) is 19.0 Å². The summed E-state index contributed by atoms with van der Waals surface area (Å²) in [4.78, 5) is 15.2. The normalized spacial score (nSPS) is 13.0. The Morgan fingerprint density at radius 2 is 2.03 bits per heavy atom. The monoisotopic (exact) mass is 390 g/mol. The van der Waals surface area contributed by atoms with Gasteiger partial charge < -0.3 is 19.9 Å². The molecule has 9 nitrogen and oxygen atoms in total. The molecular weight excluding hydrogens is 368 g/mol. The fourth-order valence-electron chi connectivity index (χ4n) is 3.30. The van der Waals surface area contributed by atoms with Crippen molar-refractivity contribution in [3.8, 4) is 11.8 Å². The molecule has 4 rings (SSSR count). The maximum absolute atomic E-state index is 5.65. The maximum Gasteiger partial charge on any atom is 0.159 e. The van der Waals surface area contributed by atoms with Crippen LogP contribution in [0.25, 0.3) is 0 Å². The van der Waals surface area contributed by atoms with Crippen molar-refractivity contribution in [2.45, 2.75) is 33.0 Å². The summed E-state index contributed by atoms with van der Waals surface area (Å²) in [6.07, 6.45) is 4.03. The first kappa shape index (κ1) is 18.8. The largest absolute Gasteiger partial charge is 0.384 e. The van der Waals surface area contributed by atoms with Gasteiger partial charge in [0.15, 0.2) is 11.6 Å². The average molecular weight is 390 g/mol. The molecule has 4 heterocycles. The van der Waals surface area contributed by atoms with Crippen LogP contribution in [0.3, 0.4) is 0 Å². The standard InChI is InChI=1S/C20H22N8O/c1-3-16-15(6-4-14-5-7-17(21)22-10-14)20(24-13-23-16)27-8-9-28-18(11-27)25-26-19(28)12-29-2/h5,7,10,13H,3,8-9,11-12H2,1-2H3,(H2,21,22). The Morgan fingerprint density at radius 1 is 1.14 bits per heavy atom. The number of aryl methyl sites for hydroxylation is 1. The van der Waals surface area contributed by atoms with Crippen molar-refractivity contribution in [1.82, 2.24) is 29.7 Å². The lowest BCUT2D eigenvalue weighted by molar-refractivity contribution is 0.173. The van der Waals surface area contributed by atoms with E-state index in [4.69, 9.17) is 10.5 Å². The fourth-order valence-corrected chi connectivity index (χ4v) is 3.30. The van der Waals surface area contributed by atoms with E-state index in [2.05, 4.69) is 53.4 Å². The van der Waals surface area contributed by atoms with Gasteiger partial charge in [0, 0.05) is 32.0 Å². The Hall–Kier alpha value is -3.51. The van der Waals surface area contributed by atoms with Gasteiger partial charge in [0.1, 0.15) is 24.6 Å². The predicted octanol–water partition coefficient (Wildman–Crippen LogP) is 1.17. The number of hydrogen-bond donors (Lipinski definition) is 1. The van der Waals surface area contributed by atoms with Gasteiger partial charge >= 0.3 is 0 Å².